The van der Waals surface area contributed by atoms with Gasteiger partial charge in [-0.2, -0.15) is 4.68 Å². The molecule has 0 radical (unpaired) electrons. The van der Waals surface area contributed by atoms with Gasteiger partial charge in [-0.05, 0) is 37.1 Å². The number of para-hydroxylation sites is 1. The van der Waals surface area contributed by atoms with Crippen LogP contribution in [0.5, 0.6) is 0 Å². The average molecular weight is 238 g/mol. The second-order valence-electron chi connectivity index (χ2n) is 4.29. The van der Waals surface area contributed by atoms with Crippen LogP contribution in [-0.4, -0.2) is 20.0 Å². The summed E-state index contributed by atoms with van der Waals surface area (Å²) in [6.07, 6.45) is 0.918. The lowest BCUT2D eigenvalue weighted by atomic mass is 10.2. The Labute approximate surface area is 105 Å². The van der Waals surface area contributed by atoms with Crippen LogP contribution in [0.1, 0.15) is 18.2 Å². The van der Waals surface area contributed by atoms with Gasteiger partial charge in [-0.25, -0.2) is 4.98 Å². The molecule has 0 saturated heterocycles. The van der Waals surface area contributed by atoms with E-state index in [1.165, 1.54) is 5.56 Å². The standard InChI is InChI=1S/C14H14N4/c1-3-12-10(2)9-13-14(15-12)18(17-16-13)11-7-5-4-6-8-11/h4-9H,3H2,1-2H3. The van der Waals surface area contributed by atoms with Crippen LogP contribution in [0.3, 0.4) is 0 Å². The third kappa shape index (κ3) is 1.66. The summed E-state index contributed by atoms with van der Waals surface area (Å²) in [5, 5.41) is 8.37. The molecular weight excluding hydrogens is 224 g/mol. The zero-order valence-electron chi connectivity index (χ0n) is 10.5. The fourth-order valence-corrected chi connectivity index (χ4v) is 2.09. The van der Waals surface area contributed by atoms with Crippen LogP contribution in [0.2, 0.25) is 0 Å². The first-order valence-corrected chi connectivity index (χ1v) is 6.07. The lowest BCUT2D eigenvalue weighted by Crippen LogP contribution is -2.00. The average Bonchev–Trinajstić information content (AvgIpc) is 2.81. The molecular formula is C14H14N4. The smallest absolute Gasteiger partial charge is 0.183 e. The first-order valence-electron chi connectivity index (χ1n) is 6.07. The Hall–Kier alpha value is -2.23. The Morgan fingerprint density at radius 3 is 2.67 bits per heavy atom. The molecule has 0 aliphatic carbocycles. The molecule has 0 amide bonds. The first kappa shape index (κ1) is 10.9. The van der Waals surface area contributed by atoms with Crippen LogP contribution in [-0.2, 0) is 6.42 Å². The molecule has 0 saturated carbocycles. The molecule has 0 atom stereocenters. The number of fused-ring (bicyclic) bond motifs is 1. The first-order chi connectivity index (χ1) is 8.79. The Kier molecular flexibility index (Phi) is 2.55. The van der Waals surface area contributed by atoms with E-state index in [1.54, 1.807) is 4.68 Å². The van der Waals surface area contributed by atoms with Crippen LogP contribution < -0.4 is 0 Å². The SMILES string of the molecule is CCc1nc2c(cc1C)nnn2-c1ccccc1. The molecule has 0 aliphatic heterocycles. The predicted octanol–water partition coefficient (Wildman–Crippen LogP) is 2.69. The minimum absolute atomic E-state index is 0.823. The molecule has 0 unspecified atom stereocenters. The van der Waals surface area contributed by atoms with E-state index in [2.05, 4.69) is 29.1 Å². The number of nitrogens with zero attached hydrogens (tertiary/aromatic N) is 4. The van der Waals surface area contributed by atoms with E-state index in [1.807, 2.05) is 36.4 Å². The third-order valence-electron chi connectivity index (χ3n) is 3.06. The van der Waals surface area contributed by atoms with Gasteiger partial charge < -0.3 is 0 Å². The van der Waals surface area contributed by atoms with Crippen molar-refractivity contribution in [1.29, 1.82) is 0 Å². The minimum atomic E-state index is 0.823. The predicted molar refractivity (Wildman–Crippen MR) is 70.8 cm³/mol. The van der Waals surface area contributed by atoms with Gasteiger partial charge in [0.05, 0.1) is 5.69 Å². The lowest BCUT2D eigenvalue weighted by Gasteiger charge is -2.04. The fraction of sp³-hybridized carbons (Fsp3) is 0.214. The summed E-state index contributed by atoms with van der Waals surface area (Å²) in [7, 11) is 0. The van der Waals surface area contributed by atoms with Gasteiger partial charge >= 0.3 is 0 Å². The van der Waals surface area contributed by atoms with Gasteiger partial charge in [-0.3, -0.25) is 0 Å². The number of hydrogen-bond donors (Lipinski definition) is 0. The minimum Gasteiger partial charge on any atom is -0.231 e. The van der Waals surface area contributed by atoms with E-state index >= 15 is 0 Å². The van der Waals surface area contributed by atoms with Crippen molar-refractivity contribution in [2.45, 2.75) is 20.3 Å². The Bertz CT molecular complexity index is 686. The number of aromatic nitrogens is 4. The quantitative estimate of drug-likeness (QED) is 0.689. The molecule has 4 heteroatoms. The number of hydrogen-bond acceptors (Lipinski definition) is 3. The summed E-state index contributed by atoms with van der Waals surface area (Å²) >= 11 is 0. The van der Waals surface area contributed by atoms with Crippen molar-refractivity contribution in [3.63, 3.8) is 0 Å². The molecule has 0 bridgehead atoms. The maximum absolute atomic E-state index is 4.67. The van der Waals surface area contributed by atoms with E-state index in [0.717, 1.165) is 29.0 Å². The van der Waals surface area contributed by atoms with Crippen molar-refractivity contribution < 1.29 is 0 Å². The molecule has 90 valence electrons. The number of aryl methyl sites for hydroxylation is 2. The molecule has 0 N–H and O–H groups in total. The largest absolute Gasteiger partial charge is 0.231 e. The van der Waals surface area contributed by atoms with Crippen LogP contribution in [0.15, 0.2) is 36.4 Å². The van der Waals surface area contributed by atoms with E-state index in [4.69, 9.17) is 0 Å². The fourth-order valence-electron chi connectivity index (χ4n) is 2.09. The molecule has 0 aliphatic rings. The summed E-state index contributed by atoms with van der Waals surface area (Å²) in [4.78, 5) is 4.67. The van der Waals surface area contributed by atoms with Gasteiger partial charge in [0.25, 0.3) is 0 Å². The van der Waals surface area contributed by atoms with E-state index < -0.39 is 0 Å². The maximum atomic E-state index is 4.67. The highest BCUT2D eigenvalue weighted by Gasteiger charge is 2.10. The van der Waals surface area contributed by atoms with Crippen molar-refractivity contribution in [2.75, 3.05) is 0 Å². The topological polar surface area (TPSA) is 43.6 Å². The van der Waals surface area contributed by atoms with Crippen molar-refractivity contribution in [1.82, 2.24) is 20.0 Å². The Balaban J connectivity index is 2.26. The summed E-state index contributed by atoms with van der Waals surface area (Å²) < 4.78 is 1.79. The third-order valence-corrected chi connectivity index (χ3v) is 3.06. The van der Waals surface area contributed by atoms with Crippen LogP contribution >= 0.6 is 0 Å². The van der Waals surface area contributed by atoms with Gasteiger partial charge in [-0.15, -0.1) is 5.10 Å². The monoisotopic (exact) mass is 238 g/mol. The molecule has 2 aromatic heterocycles. The molecule has 0 fully saturated rings. The molecule has 18 heavy (non-hydrogen) atoms. The van der Waals surface area contributed by atoms with Crippen LogP contribution in [0.4, 0.5) is 0 Å². The summed E-state index contributed by atoms with van der Waals surface area (Å²) in [5.74, 6) is 0. The van der Waals surface area contributed by atoms with E-state index in [9.17, 15) is 0 Å². The van der Waals surface area contributed by atoms with Gasteiger partial charge in [-0.1, -0.05) is 30.3 Å². The zero-order chi connectivity index (χ0) is 12.5. The van der Waals surface area contributed by atoms with Gasteiger partial charge in [0.15, 0.2) is 5.65 Å². The van der Waals surface area contributed by atoms with Crippen molar-refractivity contribution in [3.05, 3.63) is 47.7 Å². The summed E-state index contributed by atoms with van der Waals surface area (Å²) in [5.41, 5.74) is 4.92. The molecule has 1 aromatic carbocycles. The lowest BCUT2D eigenvalue weighted by molar-refractivity contribution is 0.815. The highest BCUT2D eigenvalue weighted by atomic mass is 15.4. The van der Waals surface area contributed by atoms with Crippen LogP contribution in [0.25, 0.3) is 16.9 Å². The van der Waals surface area contributed by atoms with Gasteiger partial charge in [0.2, 0.25) is 0 Å². The number of rotatable bonds is 2. The number of pyridine rings is 1. The van der Waals surface area contributed by atoms with Gasteiger partial charge in [0.1, 0.15) is 5.52 Å². The molecule has 0 spiro atoms. The van der Waals surface area contributed by atoms with Crippen molar-refractivity contribution >= 4 is 11.2 Å². The summed E-state index contributed by atoms with van der Waals surface area (Å²) in [6.45, 7) is 4.17. The van der Waals surface area contributed by atoms with E-state index in [0.29, 0.717) is 0 Å². The highest BCUT2D eigenvalue weighted by molar-refractivity contribution is 5.72. The molecule has 3 rings (SSSR count). The van der Waals surface area contributed by atoms with Gasteiger partial charge in [0, 0.05) is 5.69 Å². The normalized spacial score (nSPS) is 11.0. The zero-order valence-corrected chi connectivity index (χ0v) is 10.5. The Morgan fingerprint density at radius 1 is 1.17 bits per heavy atom. The number of benzene rings is 1. The molecule has 3 aromatic rings. The van der Waals surface area contributed by atoms with E-state index in [-0.39, 0.29) is 0 Å². The van der Waals surface area contributed by atoms with Crippen molar-refractivity contribution in [2.24, 2.45) is 0 Å². The maximum Gasteiger partial charge on any atom is 0.183 e. The van der Waals surface area contributed by atoms with Crippen LogP contribution in [0, 0.1) is 6.92 Å². The Morgan fingerprint density at radius 2 is 1.94 bits per heavy atom. The highest BCUT2D eigenvalue weighted by Crippen LogP contribution is 2.17. The molecule has 4 nitrogen and oxygen atoms in total. The second kappa shape index (κ2) is 4.22. The van der Waals surface area contributed by atoms with Crippen molar-refractivity contribution in [3.8, 4) is 5.69 Å². The second-order valence-corrected chi connectivity index (χ2v) is 4.29. The molecule has 2 heterocycles. The summed E-state index contributed by atoms with van der Waals surface area (Å²) in [6, 6.07) is 12.0.